The second kappa shape index (κ2) is 6.95. The number of carbonyl (C=O) groups is 1. The minimum absolute atomic E-state index is 0.0490. The third kappa shape index (κ3) is 3.67. The number of halogens is 1. The van der Waals surface area contributed by atoms with E-state index in [0.29, 0.717) is 0 Å². The van der Waals surface area contributed by atoms with E-state index in [1.165, 1.54) is 0 Å². The maximum absolute atomic E-state index is 12.3. The van der Waals surface area contributed by atoms with Gasteiger partial charge in [-0.1, -0.05) is 42.3 Å². The molecule has 2 aromatic rings. The molecule has 0 unspecified atom stereocenters. The molecule has 1 amide bonds. The summed E-state index contributed by atoms with van der Waals surface area (Å²) < 4.78 is 0. The molecule has 0 aromatic heterocycles. The van der Waals surface area contributed by atoms with E-state index in [1.54, 1.807) is 0 Å². The summed E-state index contributed by atoms with van der Waals surface area (Å²) in [6.07, 6.45) is 3.16. The lowest BCUT2D eigenvalue weighted by molar-refractivity contribution is -0.118. The van der Waals surface area contributed by atoms with Crippen LogP contribution in [0.25, 0.3) is 11.1 Å². The van der Waals surface area contributed by atoms with Gasteiger partial charge in [0, 0.05) is 10.7 Å². The second-order valence-electron chi connectivity index (χ2n) is 5.58. The summed E-state index contributed by atoms with van der Waals surface area (Å²) in [5, 5.41) is 6.99. The normalized spacial score (nSPS) is 18.0. The summed E-state index contributed by atoms with van der Waals surface area (Å²) in [4.78, 5) is 12.3. The monoisotopic (exact) mass is 314 g/mol. The van der Waals surface area contributed by atoms with E-state index in [9.17, 15) is 4.79 Å². The zero-order chi connectivity index (χ0) is 15.4. The predicted molar refractivity (Wildman–Crippen MR) is 91.2 cm³/mol. The van der Waals surface area contributed by atoms with Gasteiger partial charge in [0.25, 0.3) is 0 Å². The Balaban J connectivity index is 1.73. The first-order valence-electron chi connectivity index (χ1n) is 7.62. The highest BCUT2D eigenvalue weighted by molar-refractivity contribution is 6.30. The molecule has 4 heteroatoms. The van der Waals surface area contributed by atoms with Gasteiger partial charge >= 0.3 is 0 Å². The van der Waals surface area contributed by atoms with Crippen LogP contribution >= 0.6 is 11.6 Å². The summed E-state index contributed by atoms with van der Waals surface area (Å²) in [7, 11) is 0. The molecule has 0 saturated carbocycles. The van der Waals surface area contributed by atoms with Crippen molar-refractivity contribution in [2.75, 3.05) is 11.9 Å². The summed E-state index contributed by atoms with van der Waals surface area (Å²) in [5.41, 5.74) is 2.96. The molecule has 3 nitrogen and oxygen atoms in total. The van der Waals surface area contributed by atoms with Crippen LogP contribution < -0.4 is 10.6 Å². The summed E-state index contributed by atoms with van der Waals surface area (Å²) in [6.45, 7) is 0.920. The van der Waals surface area contributed by atoms with Crippen LogP contribution in [0.5, 0.6) is 0 Å². The molecule has 1 aliphatic rings. The van der Waals surface area contributed by atoms with Gasteiger partial charge < -0.3 is 10.6 Å². The van der Waals surface area contributed by atoms with Crippen LogP contribution in [0, 0.1) is 0 Å². The van der Waals surface area contributed by atoms with E-state index < -0.39 is 0 Å². The van der Waals surface area contributed by atoms with E-state index in [0.717, 1.165) is 47.6 Å². The van der Waals surface area contributed by atoms with Crippen LogP contribution in [-0.2, 0) is 4.79 Å². The van der Waals surface area contributed by atoms with Crippen molar-refractivity contribution in [3.05, 3.63) is 53.6 Å². The van der Waals surface area contributed by atoms with Gasteiger partial charge in [-0.15, -0.1) is 0 Å². The maximum Gasteiger partial charge on any atom is 0.241 e. The van der Waals surface area contributed by atoms with Crippen molar-refractivity contribution < 1.29 is 4.79 Å². The zero-order valence-electron chi connectivity index (χ0n) is 12.3. The highest BCUT2D eigenvalue weighted by atomic mass is 35.5. The molecule has 0 bridgehead atoms. The first kappa shape index (κ1) is 15.1. The fraction of sp³-hybridized carbons (Fsp3) is 0.278. The van der Waals surface area contributed by atoms with Crippen molar-refractivity contribution in [2.45, 2.75) is 25.3 Å². The molecule has 114 valence electrons. The van der Waals surface area contributed by atoms with Gasteiger partial charge in [0.15, 0.2) is 0 Å². The fourth-order valence-corrected chi connectivity index (χ4v) is 2.85. The number of carbonyl (C=O) groups excluding carboxylic acids is 1. The van der Waals surface area contributed by atoms with Crippen LogP contribution in [0.3, 0.4) is 0 Å². The third-order valence-corrected chi connectivity index (χ3v) is 4.19. The number of anilines is 1. The lowest BCUT2D eigenvalue weighted by Gasteiger charge is -2.22. The molecule has 2 aromatic carbocycles. The maximum atomic E-state index is 12.3. The van der Waals surface area contributed by atoms with Gasteiger partial charge in [0.05, 0.1) is 6.04 Å². The lowest BCUT2D eigenvalue weighted by Crippen LogP contribution is -2.43. The van der Waals surface area contributed by atoms with Crippen LogP contribution in [-0.4, -0.2) is 18.5 Å². The lowest BCUT2D eigenvalue weighted by atomic mass is 10.0. The molecule has 1 saturated heterocycles. The van der Waals surface area contributed by atoms with Crippen molar-refractivity contribution >= 4 is 23.2 Å². The van der Waals surface area contributed by atoms with E-state index in [2.05, 4.69) is 10.6 Å². The average Bonchev–Trinajstić information content (AvgIpc) is 2.56. The summed E-state index contributed by atoms with van der Waals surface area (Å²) in [6, 6.07) is 15.5. The highest BCUT2D eigenvalue weighted by Crippen LogP contribution is 2.24. The molecular weight excluding hydrogens is 296 g/mol. The summed E-state index contributed by atoms with van der Waals surface area (Å²) >= 11 is 5.92. The van der Waals surface area contributed by atoms with E-state index in [1.807, 2.05) is 48.5 Å². The molecule has 0 radical (unpaired) electrons. The molecule has 2 N–H and O–H groups in total. The van der Waals surface area contributed by atoms with Gasteiger partial charge in [0.2, 0.25) is 5.91 Å². The van der Waals surface area contributed by atoms with E-state index >= 15 is 0 Å². The van der Waals surface area contributed by atoms with Crippen molar-refractivity contribution in [1.29, 1.82) is 0 Å². The number of nitrogens with one attached hydrogen (secondary N) is 2. The first-order chi connectivity index (χ1) is 10.7. The highest BCUT2D eigenvalue weighted by Gasteiger charge is 2.20. The average molecular weight is 315 g/mol. The number of hydrogen-bond donors (Lipinski definition) is 2. The minimum Gasteiger partial charge on any atom is -0.325 e. The topological polar surface area (TPSA) is 41.1 Å². The van der Waals surface area contributed by atoms with Gasteiger partial charge in [-0.3, -0.25) is 4.79 Å². The minimum atomic E-state index is -0.0760. The van der Waals surface area contributed by atoms with Crippen molar-refractivity contribution in [3.8, 4) is 11.1 Å². The quantitative estimate of drug-likeness (QED) is 0.896. The Bertz CT molecular complexity index is 648. The Morgan fingerprint density at radius 1 is 1.09 bits per heavy atom. The van der Waals surface area contributed by atoms with E-state index in [4.69, 9.17) is 11.6 Å². The Hall–Kier alpha value is -1.84. The molecule has 1 aliphatic heterocycles. The molecule has 1 heterocycles. The number of hydrogen-bond acceptors (Lipinski definition) is 2. The van der Waals surface area contributed by atoms with Gasteiger partial charge in [-0.05, 0) is 54.8 Å². The van der Waals surface area contributed by atoms with Crippen LogP contribution in [0.2, 0.25) is 5.02 Å². The Morgan fingerprint density at radius 2 is 1.91 bits per heavy atom. The van der Waals surface area contributed by atoms with Gasteiger partial charge in [-0.2, -0.15) is 0 Å². The van der Waals surface area contributed by atoms with Crippen LogP contribution in [0.15, 0.2) is 48.5 Å². The molecule has 0 spiro atoms. The largest absolute Gasteiger partial charge is 0.325 e. The van der Waals surface area contributed by atoms with Crippen molar-refractivity contribution in [3.63, 3.8) is 0 Å². The smallest absolute Gasteiger partial charge is 0.241 e. The fourth-order valence-electron chi connectivity index (χ4n) is 2.72. The molecule has 1 atom stereocenters. The standard InChI is InChI=1S/C18H19ClN2O/c19-15-9-7-13(8-10-15)14-4-3-5-16(12-14)21-18(22)17-6-1-2-11-20-17/h3-5,7-10,12,17,20H,1-2,6,11H2,(H,21,22)/t17-/m0/s1. The predicted octanol–water partition coefficient (Wildman–Crippen LogP) is 4.09. The third-order valence-electron chi connectivity index (χ3n) is 3.93. The Labute approximate surface area is 135 Å². The van der Waals surface area contributed by atoms with Crippen molar-refractivity contribution in [2.24, 2.45) is 0 Å². The SMILES string of the molecule is O=C(Nc1cccc(-c2ccc(Cl)cc2)c1)[C@@H]1CCCCN1. The van der Waals surface area contributed by atoms with E-state index in [-0.39, 0.29) is 11.9 Å². The molecular formula is C18H19ClN2O. The number of amides is 1. The van der Waals surface area contributed by atoms with Crippen LogP contribution in [0.1, 0.15) is 19.3 Å². The molecule has 3 rings (SSSR count). The second-order valence-corrected chi connectivity index (χ2v) is 6.02. The van der Waals surface area contributed by atoms with Gasteiger partial charge in [-0.25, -0.2) is 0 Å². The van der Waals surface area contributed by atoms with Crippen LogP contribution in [0.4, 0.5) is 5.69 Å². The molecule has 22 heavy (non-hydrogen) atoms. The Morgan fingerprint density at radius 3 is 2.64 bits per heavy atom. The molecule has 1 fully saturated rings. The zero-order valence-corrected chi connectivity index (χ0v) is 13.1. The van der Waals surface area contributed by atoms with Crippen molar-refractivity contribution in [1.82, 2.24) is 5.32 Å². The number of rotatable bonds is 3. The van der Waals surface area contributed by atoms with Gasteiger partial charge in [0.1, 0.15) is 0 Å². The Kier molecular flexibility index (Phi) is 4.76. The molecule has 0 aliphatic carbocycles. The first-order valence-corrected chi connectivity index (χ1v) is 8.00. The number of piperidine rings is 1. The summed E-state index contributed by atoms with van der Waals surface area (Å²) in [5.74, 6) is 0.0490. The number of benzene rings is 2.